The molecule has 1 heterocycles. The third kappa shape index (κ3) is 2.94. The first-order valence-corrected chi connectivity index (χ1v) is 7.77. The zero-order valence-corrected chi connectivity index (χ0v) is 12.8. The van der Waals surface area contributed by atoms with E-state index in [9.17, 15) is 0 Å². The van der Waals surface area contributed by atoms with Crippen molar-refractivity contribution in [1.82, 2.24) is 9.78 Å². The standard InChI is InChI=1S/C16H16BrN3/c17-16-6-13(8-18)5-14(7-16)15-9-19-20(11-15)10-12-3-1-2-4-12/h5-7,9,11-12H,1-4,10H2. The summed E-state index contributed by atoms with van der Waals surface area (Å²) in [6, 6.07) is 7.94. The second-order valence-electron chi connectivity index (χ2n) is 5.44. The number of rotatable bonds is 3. The second kappa shape index (κ2) is 5.80. The topological polar surface area (TPSA) is 41.6 Å². The molecular formula is C16H16BrN3. The highest BCUT2D eigenvalue weighted by Crippen LogP contribution is 2.28. The highest BCUT2D eigenvalue weighted by Gasteiger charge is 2.16. The molecule has 102 valence electrons. The molecule has 3 nitrogen and oxygen atoms in total. The monoisotopic (exact) mass is 329 g/mol. The van der Waals surface area contributed by atoms with Gasteiger partial charge < -0.3 is 0 Å². The average molecular weight is 330 g/mol. The number of nitriles is 1. The third-order valence-corrected chi connectivity index (χ3v) is 4.37. The van der Waals surface area contributed by atoms with E-state index in [-0.39, 0.29) is 0 Å². The van der Waals surface area contributed by atoms with E-state index in [1.807, 2.05) is 29.1 Å². The maximum atomic E-state index is 9.04. The summed E-state index contributed by atoms with van der Waals surface area (Å²) in [6.07, 6.45) is 9.33. The van der Waals surface area contributed by atoms with Crippen molar-refractivity contribution in [3.8, 4) is 17.2 Å². The van der Waals surface area contributed by atoms with E-state index < -0.39 is 0 Å². The summed E-state index contributed by atoms with van der Waals surface area (Å²) in [5, 5.41) is 13.5. The number of hydrogen-bond acceptors (Lipinski definition) is 2. The molecule has 4 heteroatoms. The fraction of sp³-hybridized carbons (Fsp3) is 0.375. The van der Waals surface area contributed by atoms with Gasteiger partial charge in [0.25, 0.3) is 0 Å². The maximum Gasteiger partial charge on any atom is 0.0992 e. The van der Waals surface area contributed by atoms with Gasteiger partial charge in [-0.25, -0.2) is 0 Å². The SMILES string of the molecule is N#Cc1cc(Br)cc(-c2cnn(CC3CCCC3)c2)c1. The van der Waals surface area contributed by atoms with Crippen LogP contribution in [0.1, 0.15) is 31.2 Å². The molecule has 0 radical (unpaired) electrons. The van der Waals surface area contributed by atoms with Crippen LogP contribution < -0.4 is 0 Å². The van der Waals surface area contributed by atoms with Gasteiger partial charge in [-0.1, -0.05) is 28.8 Å². The van der Waals surface area contributed by atoms with Crippen molar-refractivity contribution < 1.29 is 0 Å². The Hall–Kier alpha value is -1.60. The van der Waals surface area contributed by atoms with Crippen LogP contribution in [-0.2, 0) is 6.54 Å². The van der Waals surface area contributed by atoms with Crippen LogP contribution in [0, 0.1) is 17.2 Å². The smallest absolute Gasteiger partial charge is 0.0992 e. The van der Waals surface area contributed by atoms with Gasteiger partial charge >= 0.3 is 0 Å². The van der Waals surface area contributed by atoms with Crippen LogP contribution in [-0.4, -0.2) is 9.78 Å². The van der Waals surface area contributed by atoms with Gasteiger partial charge in [0, 0.05) is 22.8 Å². The fourth-order valence-electron chi connectivity index (χ4n) is 2.89. The van der Waals surface area contributed by atoms with Crippen molar-refractivity contribution in [2.24, 2.45) is 5.92 Å². The van der Waals surface area contributed by atoms with Crippen LogP contribution in [0.25, 0.3) is 11.1 Å². The summed E-state index contributed by atoms with van der Waals surface area (Å²) in [5.74, 6) is 0.778. The lowest BCUT2D eigenvalue weighted by molar-refractivity contribution is 0.429. The minimum absolute atomic E-state index is 0.665. The highest BCUT2D eigenvalue weighted by molar-refractivity contribution is 9.10. The molecule has 0 amide bonds. The minimum atomic E-state index is 0.665. The Morgan fingerprint density at radius 3 is 2.80 bits per heavy atom. The van der Waals surface area contributed by atoms with Gasteiger partial charge in [-0.15, -0.1) is 0 Å². The Bertz CT molecular complexity index is 648. The Kier molecular flexibility index (Phi) is 3.88. The van der Waals surface area contributed by atoms with Crippen molar-refractivity contribution in [1.29, 1.82) is 5.26 Å². The van der Waals surface area contributed by atoms with Gasteiger partial charge in [-0.3, -0.25) is 4.68 Å². The molecule has 0 saturated heterocycles. The van der Waals surface area contributed by atoms with Gasteiger partial charge in [0.15, 0.2) is 0 Å². The first-order valence-electron chi connectivity index (χ1n) is 6.98. The Morgan fingerprint density at radius 2 is 2.05 bits per heavy atom. The summed E-state index contributed by atoms with van der Waals surface area (Å²) in [4.78, 5) is 0. The minimum Gasteiger partial charge on any atom is -0.272 e. The number of aromatic nitrogens is 2. The van der Waals surface area contributed by atoms with Crippen molar-refractivity contribution in [3.63, 3.8) is 0 Å². The highest BCUT2D eigenvalue weighted by atomic mass is 79.9. The van der Waals surface area contributed by atoms with E-state index in [1.54, 1.807) is 0 Å². The van der Waals surface area contributed by atoms with E-state index in [0.29, 0.717) is 5.56 Å². The Morgan fingerprint density at radius 1 is 1.25 bits per heavy atom. The molecule has 1 fully saturated rings. The molecule has 0 unspecified atom stereocenters. The number of hydrogen-bond donors (Lipinski definition) is 0. The van der Waals surface area contributed by atoms with Crippen LogP contribution in [0.2, 0.25) is 0 Å². The number of halogens is 1. The predicted molar refractivity (Wildman–Crippen MR) is 82.0 cm³/mol. The first kappa shape index (κ1) is 13.4. The zero-order chi connectivity index (χ0) is 13.9. The summed E-state index contributed by atoms with van der Waals surface area (Å²) in [5.41, 5.74) is 2.77. The van der Waals surface area contributed by atoms with Crippen molar-refractivity contribution in [3.05, 3.63) is 40.6 Å². The molecule has 20 heavy (non-hydrogen) atoms. The lowest BCUT2D eigenvalue weighted by atomic mass is 10.1. The Labute approximate surface area is 127 Å². The lowest BCUT2D eigenvalue weighted by Crippen LogP contribution is -2.07. The molecule has 0 bridgehead atoms. The van der Waals surface area contributed by atoms with E-state index in [2.05, 4.69) is 33.3 Å². The van der Waals surface area contributed by atoms with E-state index in [1.165, 1.54) is 25.7 Å². The summed E-state index contributed by atoms with van der Waals surface area (Å²) >= 11 is 3.45. The molecule has 0 aliphatic heterocycles. The molecule has 0 spiro atoms. The zero-order valence-electron chi connectivity index (χ0n) is 11.2. The molecule has 0 N–H and O–H groups in total. The fourth-order valence-corrected chi connectivity index (χ4v) is 3.38. The number of benzene rings is 1. The largest absolute Gasteiger partial charge is 0.272 e. The van der Waals surface area contributed by atoms with Crippen LogP contribution in [0.3, 0.4) is 0 Å². The molecule has 2 aromatic rings. The van der Waals surface area contributed by atoms with Crippen molar-refractivity contribution in [2.45, 2.75) is 32.2 Å². The quantitative estimate of drug-likeness (QED) is 0.838. The van der Waals surface area contributed by atoms with Gasteiger partial charge in [0.2, 0.25) is 0 Å². The van der Waals surface area contributed by atoms with E-state index >= 15 is 0 Å². The van der Waals surface area contributed by atoms with Crippen molar-refractivity contribution >= 4 is 15.9 Å². The van der Waals surface area contributed by atoms with Crippen molar-refractivity contribution in [2.75, 3.05) is 0 Å². The Balaban J connectivity index is 1.82. The molecule has 1 aliphatic carbocycles. The average Bonchev–Trinajstić information content (AvgIpc) is 3.10. The summed E-state index contributed by atoms with van der Waals surface area (Å²) < 4.78 is 2.97. The normalized spacial score (nSPS) is 15.4. The summed E-state index contributed by atoms with van der Waals surface area (Å²) in [7, 11) is 0. The molecule has 0 atom stereocenters. The van der Waals surface area contributed by atoms with Crippen LogP contribution in [0.15, 0.2) is 35.1 Å². The molecular weight excluding hydrogens is 314 g/mol. The molecule has 1 aliphatic rings. The maximum absolute atomic E-state index is 9.04. The molecule has 1 saturated carbocycles. The van der Waals surface area contributed by atoms with Crippen LogP contribution in [0.4, 0.5) is 0 Å². The lowest BCUT2D eigenvalue weighted by Gasteiger charge is -2.08. The van der Waals surface area contributed by atoms with Crippen LogP contribution in [0.5, 0.6) is 0 Å². The van der Waals surface area contributed by atoms with Gasteiger partial charge in [0.05, 0.1) is 17.8 Å². The molecule has 1 aromatic heterocycles. The van der Waals surface area contributed by atoms with Gasteiger partial charge in [0.1, 0.15) is 0 Å². The number of nitrogens with zero attached hydrogens (tertiary/aromatic N) is 3. The molecule has 3 rings (SSSR count). The molecule has 1 aromatic carbocycles. The predicted octanol–water partition coefficient (Wildman–Crippen LogP) is 4.37. The van der Waals surface area contributed by atoms with E-state index in [4.69, 9.17) is 5.26 Å². The first-order chi connectivity index (χ1) is 9.74. The third-order valence-electron chi connectivity index (χ3n) is 3.91. The van der Waals surface area contributed by atoms with Crippen LogP contribution >= 0.6 is 15.9 Å². The van der Waals surface area contributed by atoms with Gasteiger partial charge in [-0.2, -0.15) is 10.4 Å². The second-order valence-corrected chi connectivity index (χ2v) is 6.36. The van der Waals surface area contributed by atoms with E-state index in [0.717, 1.165) is 28.1 Å². The van der Waals surface area contributed by atoms with Gasteiger partial charge in [-0.05, 0) is 42.5 Å². The summed E-state index contributed by atoms with van der Waals surface area (Å²) in [6.45, 7) is 1.01.